The number of carbonyl (C=O) groups is 3. The largest absolute Gasteiger partial charge is 0.481 e. The Kier molecular flexibility index (Phi) is 9.91. The number of carboxylic acid groups (broad SMARTS) is 1. The summed E-state index contributed by atoms with van der Waals surface area (Å²) in [6.07, 6.45) is -0.0847. The summed E-state index contributed by atoms with van der Waals surface area (Å²) < 4.78 is 0. The quantitative estimate of drug-likeness (QED) is 0.277. The van der Waals surface area contributed by atoms with Crippen LogP contribution in [0, 0.1) is 12.3 Å². The van der Waals surface area contributed by atoms with Crippen molar-refractivity contribution in [1.29, 1.82) is 0 Å². The van der Waals surface area contributed by atoms with Crippen LogP contribution in [0.1, 0.15) is 29.5 Å². The minimum absolute atomic E-state index is 0.0232. The molecule has 2 atom stereocenters. The molecular weight excluding hydrogens is 565 g/mol. The molecule has 3 amide bonds. The number of carboxylic acids is 1. The van der Waals surface area contributed by atoms with Gasteiger partial charge in [0, 0.05) is 47.2 Å². The fourth-order valence-corrected chi connectivity index (χ4v) is 5.76. The van der Waals surface area contributed by atoms with Crippen LogP contribution in [0.4, 0.5) is 10.5 Å². The Morgan fingerprint density at radius 1 is 1.00 bits per heavy atom. The van der Waals surface area contributed by atoms with Crippen molar-refractivity contribution in [2.75, 3.05) is 24.6 Å². The molecule has 1 aliphatic rings. The average molecular weight is 599 g/mol. The lowest BCUT2D eigenvalue weighted by atomic mass is 9.77. The van der Waals surface area contributed by atoms with Gasteiger partial charge in [0.1, 0.15) is 0 Å². The van der Waals surface area contributed by atoms with Gasteiger partial charge in [0.05, 0.1) is 19.1 Å². The SMILES string of the molecule is Cc1ccc(N2CC(CC(=O)O)(CC(=O)N[C@H](CO)Cc3ccccc3)CN(Cc3ccc(Cl)cc3Cl)C2=O)cc1. The highest BCUT2D eigenvalue weighted by Gasteiger charge is 2.46. The zero-order valence-corrected chi connectivity index (χ0v) is 24.2. The van der Waals surface area contributed by atoms with Gasteiger partial charge in [0.25, 0.3) is 0 Å². The molecule has 1 unspecified atom stereocenters. The number of hydrogen-bond acceptors (Lipinski definition) is 4. The number of carbonyl (C=O) groups excluding carboxylic acids is 2. The summed E-state index contributed by atoms with van der Waals surface area (Å²) in [6, 6.07) is 20.9. The molecule has 0 radical (unpaired) electrons. The molecule has 0 bridgehead atoms. The zero-order valence-electron chi connectivity index (χ0n) is 22.7. The van der Waals surface area contributed by atoms with E-state index in [0.717, 1.165) is 11.1 Å². The predicted molar refractivity (Wildman–Crippen MR) is 159 cm³/mol. The Bertz CT molecular complexity index is 1390. The minimum Gasteiger partial charge on any atom is -0.481 e. The van der Waals surface area contributed by atoms with E-state index in [1.165, 1.54) is 9.80 Å². The lowest BCUT2D eigenvalue weighted by Gasteiger charge is -2.47. The summed E-state index contributed by atoms with van der Waals surface area (Å²) in [5.74, 6) is -1.48. The van der Waals surface area contributed by atoms with E-state index < -0.39 is 23.3 Å². The standard InChI is InChI=1S/C31H33Cl2N3O5/c1-21-7-11-26(12-8-21)36-20-31(16-29(39)40,15-28(38)34-25(18-37)13-22-5-3-2-4-6-22)19-35(30(36)41)17-23-9-10-24(32)14-27(23)33/h2-12,14,25,37H,13,15-20H2,1H3,(H,34,38)(H,39,40)/t25-,31?/m0/s1. The lowest BCUT2D eigenvalue weighted by molar-refractivity contribution is -0.141. The number of nitrogens with one attached hydrogen (secondary N) is 1. The number of aliphatic hydroxyl groups is 1. The van der Waals surface area contributed by atoms with Gasteiger partial charge in [-0.3, -0.25) is 14.5 Å². The van der Waals surface area contributed by atoms with E-state index in [0.29, 0.717) is 27.7 Å². The van der Waals surface area contributed by atoms with Gasteiger partial charge < -0.3 is 20.4 Å². The monoisotopic (exact) mass is 597 g/mol. The maximum absolute atomic E-state index is 13.8. The summed E-state index contributed by atoms with van der Waals surface area (Å²) in [6.45, 7) is 1.81. The van der Waals surface area contributed by atoms with E-state index in [-0.39, 0.29) is 45.1 Å². The third-order valence-corrected chi connectivity index (χ3v) is 7.80. The van der Waals surface area contributed by atoms with Crippen molar-refractivity contribution in [3.8, 4) is 0 Å². The van der Waals surface area contributed by atoms with Crippen LogP contribution in [-0.2, 0) is 22.6 Å². The molecule has 0 aliphatic carbocycles. The van der Waals surface area contributed by atoms with Crippen molar-refractivity contribution in [2.45, 2.75) is 38.8 Å². The Hall–Kier alpha value is -3.59. The van der Waals surface area contributed by atoms with Crippen molar-refractivity contribution in [1.82, 2.24) is 10.2 Å². The van der Waals surface area contributed by atoms with E-state index in [4.69, 9.17) is 23.2 Å². The number of aryl methyl sites for hydroxylation is 1. The molecule has 41 heavy (non-hydrogen) atoms. The van der Waals surface area contributed by atoms with Crippen LogP contribution in [0.25, 0.3) is 0 Å². The first kappa shape index (κ1) is 30.4. The Morgan fingerprint density at radius 2 is 1.71 bits per heavy atom. The number of hydrogen-bond donors (Lipinski definition) is 3. The number of anilines is 1. The van der Waals surface area contributed by atoms with Crippen LogP contribution in [0.15, 0.2) is 72.8 Å². The molecule has 0 saturated carbocycles. The highest BCUT2D eigenvalue weighted by atomic mass is 35.5. The van der Waals surface area contributed by atoms with Crippen LogP contribution >= 0.6 is 23.2 Å². The number of aliphatic carboxylic acids is 1. The second-order valence-electron chi connectivity index (χ2n) is 10.7. The number of rotatable bonds is 11. The molecule has 1 fully saturated rings. The van der Waals surface area contributed by atoms with Gasteiger partial charge in [-0.25, -0.2) is 4.79 Å². The van der Waals surface area contributed by atoms with Gasteiger partial charge in [-0.15, -0.1) is 0 Å². The first-order valence-corrected chi connectivity index (χ1v) is 14.1. The predicted octanol–water partition coefficient (Wildman–Crippen LogP) is 5.32. The van der Waals surface area contributed by atoms with Crippen molar-refractivity contribution in [2.24, 2.45) is 5.41 Å². The topological polar surface area (TPSA) is 110 Å². The van der Waals surface area contributed by atoms with Crippen LogP contribution in [0.3, 0.4) is 0 Å². The molecule has 0 aromatic heterocycles. The van der Waals surface area contributed by atoms with Gasteiger partial charge in [-0.05, 0) is 48.7 Å². The summed E-state index contributed by atoms with van der Waals surface area (Å²) in [5.41, 5.74) is 2.08. The average Bonchev–Trinajstić information content (AvgIpc) is 2.92. The first-order chi connectivity index (χ1) is 19.6. The van der Waals surface area contributed by atoms with E-state index in [1.807, 2.05) is 49.4 Å². The summed E-state index contributed by atoms with van der Waals surface area (Å²) in [4.78, 5) is 42.4. The summed E-state index contributed by atoms with van der Waals surface area (Å²) >= 11 is 12.5. The molecule has 1 saturated heterocycles. The molecule has 216 valence electrons. The van der Waals surface area contributed by atoms with Crippen molar-refractivity contribution in [3.63, 3.8) is 0 Å². The molecule has 3 aromatic carbocycles. The van der Waals surface area contributed by atoms with Gasteiger partial charge in [-0.2, -0.15) is 0 Å². The van der Waals surface area contributed by atoms with Gasteiger partial charge in [0.2, 0.25) is 5.91 Å². The molecule has 3 aromatic rings. The molecular formula is C31H33Cl2N3O5. The van der Waals surface area contributed by atoms with Crippen molar-refractivity contribution in [3.05, 3.63) is 99.5 Å². The van der Waals surface area contributed by atoms with E-state index in [2.05, 4.69) is 5.32 Å². The number of halogens is 2. The van der Waals surface area contributed by atoms with Gasteiger partial charge in [-0.1, -0.05) is 77.3 Å². The molecule has 0 spiro atoms. The van der Waals surface area contributed by atoms with Crippen LogP contribution in [0.5, 0.6) is 0 Å². The molecule has 3 N–H and O–H groups in total. The number of urea groups is 1. The van der Waals surface area contributed by atoms with Crippen LogP contribution in [0.2, 0.25) is 10.0 Å². The van der Waals surface area contributed by atoms with E-state index in [9.17, 15) is 24.6 Å². The molecule has 10 heteroatoms. The molecule has 8 nitrogen and oxygen atoms in total. The second-order valence-corrected chi connectivity index (χ2v) is 11.5. The summed E-state index contributed by atoms with van der Waals surface area (Å²) in [5, 5.41) is 23.6. The van der Waals surface area contributed by atoms with Crippen molar-refractivity contribution < 1.29 is 24.6 Å². The first-order valence-electron chi connectivity index (χ1n) is 13.3. The van der Waals surface area contributed by atoms with Crippen molar-refractivity contribution >= 4 is 46.8 Å². The highest BCUT2D eigenvalue weighted by molar-refractivity contribution is 6.35. The van der Waals surface area contributed by atoms with Crippen LogP contribution in [-0.4, -0.2) is 58.8 Å². The lowest BCUT2D eigenvalue weighted by Crippen LogP contribution is -2.60. The number of nitrogens with zero attached hydrogens (tertiary/aromatic N) is 2. The Labute approximate surface area is 249 Å². The fourth-order valence-electron chi connectivity index (χ4n) is 5.29. The maximum Gasteiger partial charge on any atom is 0.324 e. The smallest absolute Gasteiger partial charge is 0.324 e. The summed E-state index contributed by atoms with van der Waals surface area (Å²) in [7, 11) is 0. The Balaban J connectivity index is 1.64. The normalized spacial score (nSPS) is 17.8. The third kappa shape index (κ3) is 8.00. The number of amides is 3. The maximum atomic E-state index is 13.8. The molecule has 4 rings (SSSR count). The minimum atomic E-state index is -1.12. The fraction of sp³-hybridized carbons (Fsp3) is 0.323. The molecule has 1 aliphatic heterocycles. The zero-order chi connectivity index (χ0) is 29.6. The highest BCUT2D eigenvalue weighted by Crippen LogP contribution is 2.37. The van der Waals surface area contributed by atoms with Gasteiger partial charge in [0.15, 0.2) is 0 Å². The Morgan fingerprint density at radius 3 is 2.34 bits per heavy atom. The number of benzene rings is 3. The van der Waals surface area contributed by atoms with Crippen LogP contribution < -0.4 is 10.2 Å². The van der Waals surface area contributed by atoms with Gasteiger partial charge >= 0.3 is 12.0 Å². The number of aliphatic hydroxyl groups excluding tert-OH is 1. The van der Waals surface area contributed by atoms with E-state index >= 15 is 0 Å². The molecule has 1 heterocycles. The third-order valence-electron chi connectivity index (χ3n) is 7.22. The second kappa shape index (κ2) is 13.4. The van der Waals surface area contributed by atoms with E-state index in [1.54, 1.807) is 30.3 Å².